The van der Waals surface area contributed by atoms with Crippen LogP contribution in [0.15, 0.2) is 49.1 Å². The molecule has 0 unspecified atom stereocenters. The van der Waals surface area contributed by atoms with Crippen LogP contribution in [0.25, 0.3) is 5.69 Å². The van der Waals surface area contributed by atoms with Crippen molar-refractivity contribution in [1.29, 1.82) is 0 Å². The highest BCUT2D eigenvalue weighted by molar-refractivity contribution is 5.30. The normalized spacial score (nSPS) is 10.8. The summed E-state index contributed by atoms with van der Waals surface area (Å²) in [6, 6.07) is 10.9. The van der Waals surface area contributed by atoms with E-state index in [-0.39, 0.29) is 0 Å². The van der Waals surface area contributed by atoms with Crippen molar-refractivity contribution in [3.63, 3.8) is 0 Å². The van der Waals surface area contributed by atoms with E-state index in [1.165, 1.54) is 5.69 Å². The molecule has 0 aliphatic heterocycles. The average Bonchev–Trinajstić information content (AvgIpc) is 2.68. The summed E-state index contributed by atoms with van der Waals surface area (Å²) in [6.07, 6.45) is 6.28. The third-order valence-electron chi connectivity index (χ3n) is 2.31. The Bertz CT molecular complexity index is 401. The van der Waals surface area contributed by atoms with Crippen molar-refractivity contribution in [2.75, 3.05) is 0 Å². The van der Waals surface area contributed by atoms with Gasteiger partial charge in [-0.25, -0.2) is 9.13 Å². The molecule has 0 amide bonds. The highest BCUT2D eigenvalue weighted by Gasteiger charge is 2.07. The minimum absolute atomic E-state index is 0.514. The Balaban J connectivity index is 2.34. The molecule has 0 fully saturated rings. The first-order valence-corrected chi connectivity index (χ1v) is 4.91. The molecule has 0 aliphatic carbocycles. The molecule has 1 heterocycles. The van der Waals surface area contributed by atoms with Crippen molar-refractivity contribution >= 4 is 0 Å². The van der Waals surface area contributed by atoms with Crippen LogP contribution in [0.5, 0.6) is 0 Å². The second kappa shape index (κ2) is 3.66. The minimum atomic E-state index is 0.514. The summed E-state index contributed by atoms with van der Waals surface area (Å²) in [5, 5.41) is 0. The first-order valence-electron chi connectivity index (χ1n) is 4.91. The van der Waals surface area contributed by atoms with Gasteiger partial charge in [0.2, 0.25) is 6.33 Å². The summed E-state index contributed by atoms with van der Waals surface area (Å²) in [5.74, 6) is 0. The fraction of sp³-hybridized carbons (Fsp3) is 0.250. The van der Waals surface area contributed by atoms with Crippen LogP contribution < -0.4 is 4.57 Å². The lowest BCUT2D eigenvalue weighted by atomic mass is 10.3. The SMILES string of the molecule is CC(C)[n+]1ccn(-c2ccccc2)c1. The van der Waals surface area contributed by atoms with Gasteiger partial charge in [-0.1, -0.05) is 18.2 Å². The molecule has 1 aromatic carbocycles. The second-order valence-electron chi connectivity index (χ2n) is 3.70. The maximum Gasteiger partial charge on any atom is 0.249 e. The number of aromatic nitrogens is 2. The van der Waals surface area contributed by atoms with Crippen LogP contribution in [-0.2, 0) is 0 Å². The molecule has 0 spiro atoms. The molecule has 1 aromatic heterocycles. The van der Waals surface area contributed by atoms with Crippen molar-refractivity contribution in [3.05, 3.63) is 49.1 Å². The Morgan fingerprint density at radius 2 is 1.86 bits per heavy atom. The highest BCUT2D eigenvalue weighted by Crippen LogP contribution is 2.05. The van der Waals surface area contributed by atoms with Gasteiger partial charge in [0.1, 0.15) is 18.1 Å². The summed E-state index contributed by atoms with van der Waals surface area (Å²) in [4.78, 5) is 0. The summed E-state index contributed by atoms with van der Waals surface area (Å²) in [5.41, 5.74) is 1.20. The molecule has 0 radical (unpaired) electrons. The summed E-state index contributed by atoms with van der Waals surface area (Å²) in [6.45, 7) is 4.35. The van der Waals surface area contributed by atoms with Crippen LogP contribution in [0.3, 0.4) is 0 Å². The second-order valence-corrected chi connectivity index (χ2v) is 3.70. The lowest BCUT2D eigenvalue weighted by Gasteiger charge is -1.97. The van der Waals surface area contributed by atoms with E-state index in [4.69, 9.17) is 0 Å². The van der Waals surface area contributed by atoms with E-state index in [1.54, 1.807) is 0 Å². The standard InChI is InChI=1S/C12H15N2/c1-11(2)13-8-9-14(10-13)12-6-4-3-5-7-12/h3-11H,1-2H3/q+1. The molecule has 14 heavy (non-hydrogen) atoms. The van der Waals surface area contributed by atoms with Gasteiger partial charge in [0, 0.05) is 0 Å². The highest BCUT2D eigenvalue weighted by atomic mass is 15.1. The smallest absolute Gasteiger partial charge is 0.234 e. The van der Waals surface area contributed by atoms with Crippen molar-refractivity contribution in [2.24, 2.45) is 0 Å². The number of hydrogen-bond acceptors (Lipinski definition) is 0. The number of benzene rings is 1. The quantitative estimate of drug-likeness (QED) is 0.638. The Morgan fingerprint density at radius 1 is 1.14 bits per heavy atom. The van der Waals surface area contributed by atoms with Gasteiger partial charge in [-0.2, -0.15) is 0 Å². The molecule has 2 aromatic rings. The lowest BCUT2D eigenvalue weighted by molar-refractivity contribution is -0.715. The Hall–Kier alpha value is -1.57. The zero-order valence-corrected chi connectivity index (χ0v) is 8.59. The van der Waals surface area contributed by atoms with Crippen molar-refractivity contribution in [1.82, 2.24) is 4.57 Å². The van der Waals surface area contributed by atoms with Gasteiger partial charge in [0.25, 0.3) is 0 Å². The maximum absolute atomic E-state index is 2.19. The lowest BCUT2D eigenvalue weighted by Crippen LogP contribution is -2.33. The predicted molar refractivity (Wildman–Crippen MR) is 56.3 cm³/mol. The third kappa shape index (κ3) is 1.69. The molecule has 2 heteroatoms. The minimum Gasteiger partial charge on any atom is -0.234 e. The molecular formula is C12H15N2+. The monoisotopic (exact) mass is 187 g/mol. The topological polar surface area (TPSA) is 8.81 Å². The van der Waals surface area contributed by atoms with Gasteiger partial charge < -0.3 is 0 Å². The van der Waals surface area contributed by atoms with Gasteiger partial charge in [-0.15, -0.1) is 0 Å². The number of imidazole rings is 1. The Morgan fingerprint density at radius 3 is 2.43 bits per heavy atom. The van der Waals surface area contributed by atoms with Crippen LogP contribution in [0, 0.1) is 0 Å². The van der Waals surface area contributed by atoms with Gasteiger partial charge in [-0.3, -0.25) is 0 Å². The first kappa shape index (κ1) is 9.00. The van der Waals surface area contributed by atoms with E-state index in [0.29, 0.717) is 6.04 Å². The van der Waals surface area contributed by atoms with Gasteiger partial charge in [-0.05, 0) is 26.0 Å². The van der Waals surface area contributed by atoms with Crippen molar-refractivity contribution < 1.29 is 4.57 Å². The number of rotatable bonds is 2. The largest absolute Gasteiger partial charge is 0.249 e. The fourth-order valence-corrected chi connectivity index (χ4v) is 1.43. The average molecular weight is 187 g/mol. The van der Waals surface area contributed by atoms with E-state index in [9.17, 15) is 0 Å². The fourth-order valence-electron chi connectivity index (χ4n) is 1.43. The van der Waals surface area contributed by atoms with E-state index >= 15 is 0 Å². The van der Waals surface area contributed by atoms with E-state index < -0.39 is 0 Å². The zero-order chi connectivity index (χ0) is 9.97. The zero-order valence-electron chi connectivity index (χ0n) is 8.59. The molecule has 0 saturated carbocycles. The van der Waals surface area contributed by atoms with Crippen molar-refractivity contribution in [3.8, 4) is 5.69 Å². The number of hydrogen-bond donors (Lipinski definition) is 0. The summed E-state index contributed by atoms with van der Waals surface area (Å²) in [7, 11) is 0. The van der Waals surface area contributed by atoms with Crippen LogP contribution in [0.2, 0.25) is 0 Å². The third-order valence-corrected chi connectivity index (χ3v) is 2.31. The van der Waals surface area contributed by atoms with Gasteiger partial charge in [0.05, 0.1) is 6.04 Å². The van der Waals surface area contributed by atoms with E-state index in [0.717, 1.165) is 0 Å². The molecule has 2 nitrogen and oxygen atoms in total. The van der Waals surface area contributed by atoms with Crippen LogP contribution >= 0.6 is 0 Å². The molecule has 0 aliphatic rings. The van der Waals surface area contributed by atoms with E-state index in [2.05, 4.69) is 66.0 Å². The summed E-state index contributed by atoms with van der Waals surface area (Å²) >= 11 is 0. The molecule has 72 valence electrons. The van der Waals surface area contributed by atoms with Gasteiger partial charge in [0.15, 0.2) is 0 Å². The van der Waals surface area contributed by atoms with Crippen LogP contribution in [-0.4, -0.2) is 4.57 Å². The van der Waals surface area contributed by atoms with Crippen molar-refractivity contribution in [2.45, 2.75) is 19.9 Å². The molecule has 2 rings (SSSR count). The molecule has 0 atom stereocenters. The van der Waals surface area contributed by atoms with Crippen LogP contribution in [0.1, 0.15) is 19.9 Å². The van der Waals surface area contributed by atoms with E-state index in [1.807, 2.05) is 6.07 Å². The molecule has 0 saturated heterocycles. The first-order chi connectivity index (χ1) is 6.77. The summed E-state index contributed by atoms with van der Waals surface area (Å²) < 4.78 is 4.31. The predicted octanol–water partition coefficient (Wildman–Crippen LogP) is 2.35. The Kier molecular flexibility index (Phi) is 2.35. The Labute approximate surface area is 84.4 Å². The van der Waals surface area contributed by atoms with Crippen LogP contribution in [0.4, 0.5) is 0 Å². The number of para-hydroxylation sites is 1. The molecular weight excluding hydrogens is 172 g/mol. The maximum atomic E-state index is 2.19. The van der Waals surface area contributed by atoms with Gasteiger partial charge >= 0.3 is 0 Å². The number of nitrogens with zero attached hydrogens (tertiary/aromatic N) is 2. The molecule has 0 N–H and O–H groups in total. The molecule has 0 bridgehead atoms.